The first-order valence-electron chi connectivity index (χ1n) is 8.50. The van der Waals surface area contributed by atoms with Crippen LogP contribution in [0.4, 0.5) is 13.2 Å². The van der Waals surface area contributed by atoms with Crippen molar-refractivity contribution in [2.75, 3.05) is 0 Å². The molecule has 3 aromatic rings. The molecule has 3 aromatic heterocycles. The first kappa shape index (κ1) is 19.2. The van der Waals surface area contributed by atoms with E-state index < -0.39 is 29.7 Å². The number of rotatable bonds is 3. The number of nitrogens with one attached hydrogen (secondary N) is 1. The van der Waals surface area contributed by atoms with Crippen molar-refractivity contribution in [3.63, 3.8) is 0 Å². The molecule has 28 heavy (non-hydrogen) atoms. The maximum Gasteiger partial charge on any atom is 0.280 e. The first-order chi connectivity index (χ1) is 13.3. The fourth-order valence-electron chi connectivity index (χ4n) is 3.33. The standard InChI is InChI=1S/C17H15ClF3N5OS/c18-14-12(9-6-23-26-7-8(19)3-4-11(9)26)24-16(28-14)15(27)25-13-10(22)2-1-5-17(13,20)21/h3-4,6-7,10,13H,1-2,5,22H2,(H,25,27). The summed E-state index contributed by atoms with van der Waals surface area (Å²) in [6.07, 6.45) is 3.03. The van der Waals surface area contributed by atoms with Crippen molar-refractivity contribution < 1.29 is 18.0 Å². The molecule has 3 heterocycles. The van der Waals surface area contributed by atoms with Crippen LogP contribution in [0.25, 0.3) is 16.8 Å². The van der Waals surface area contributed by atoms with Gasteiger partial charge in [0.15, 0.2) is 5.01 Å². The minimum atomic E-state index is -3.08. The average molecular weight is 430 g/mol. The van der Waals surface area contributed by atoms with Crippen LogP contribution in [0.3, 0.4) is 0 Å². The van der Waals surface area contributed by atoms with Gasteiger partial charge in [0, 0.05) is 18.0 Å². The third kappa shape index (κ3) is 3.36. The number of carbonyl (C=O) groups excluding carboxylic acids is 1. The van der Waals surface area contributed by atoms with Crippen molar-refractivity contribution in [3.8, 4) is 11.3 Å². The summed E-state index contributed by atoms with van der Waals surface area (Å²) in [5, 5.41) is 6.29. The molecule has 1 saturated carbocycles. The number of carbonyl (C=O) groups is 1. The van der Waals surface area contributed by atoms with E-state index in [1.165, 1.54) is 29.0 Å². The van der Waals surface area contributed by atoms with Gasteiger partial charge >= 0.3 is 0 Å². The van der Waals surface area contributed by atoms with Gasteiger partial charge in [0.05, 0.1) is 17.9 Å². The number of nitrogens with zero attached hydrogens (tertiary/aromatic N) is 3. The molecule has 3 N–H and O–H groups in total. The van der Waals surface area contributed by atoms with Crippen LogP contribution >= 0.6 is 22.9 Å². The molecule has 11 heteroatoms. The van der Waals surface area contributed by atoms with Gasteiger partial charge in [0.25, 0.3) is 11.8 Å². The molecule has 1 aliphatic carbocycles. The van der Waals surface area contributed by atoms with Crippen LogP contribution in [0, 0.1) is 5.82 Å². The molecule has 0 radical (unpaired) electrons. The van der Waals surface area contributed by atoms with Gasteiger partial charge in [-0.15, -0.1) is 0 Å². The van der Waals surface area contributed by atoms with Crippen LogP contribution in [-0.2, 0) is 0 Å². The lowest BCUT2D eigenvalue weighted by atomic mass is 9.87. The molecule has 0 bridgehead atoms. The maximum atomic E-state index is 14.1. The van der Waals surface area contributed by atoms with E-state index in [4.69, 9.17) is 17.3 Å². The Hall–Kier alpha value is -2.17. The highest BCUT2D eigenvalue weighted by Crippen LogP contribution is 2.36. The Labute approximate surface area is 166 Å². The van der Waals surface area contributed by atoms with Gasteiger partial charge in [0.1, 0.15) is 21.9 Å². The zero-order valence-corrected chi connectivity index (χ0v) is 15.9. The van der Waals surface area contributed by atoms with Gasteiger partial charge in [-0.05, 0) is 25.0 Å². The number of fused-ring (bicyclic) bond motifs is 1. The predicted octanol–water partition coefficient (Wildman–Crippen LogP) is 3.50. The van der Waals surface area contributed by atoms with Gasteiger partial charge in [-0.2, -0.15) is 5.10 Å². The van der Waals surface area contributed by atoms with E-state index in [1.807, 2.05) is 0 Å². The fraction of sp³-hybridized carbons (Fsp3) is 0.353. The Morgan fingerprint density at radius 1 is 1.43 bits per heavy atom. The molecule has 6 nitrogen and oxygen atoms in total. The van der Waals surface area contributed by atoms with Crippen LogP contribution in [0.2, 0.25) is 4.34 Å². The van der Waals surface area contributed by atoms with Gasteiger partial charge in [-0.25, -0.2) is 22.7 Å². The minimum Gasteiger partial charge on any atom is -0.340 e. The number of alkyl halides is 2. The second-order valence-corrected chi connectivity index (χ2v) is 8.25. The smallest absolute Gasteiger partial charge is 0.280 e. The Morgan fingerprint density at radius 2 is 2.21 bits per heavy atom. The van der Waals surface area contributed by atoms with E-state index in [2.05, 4.69) is 15.4 Å². The number of pyridine rings is 1. The largest absolute Gasteiger partial charge is 0.340 e. The number of hydrogen-bond acceptors (Lipinski definition) is 5. The van der Waals surface area contributed by atoms with Crippen LogP contribution in [0.15, 0.2) is 24.5 Å². The zero-order chi connectivity index (χ0) is 20.1. The van der Waals surface area contributed by atoms with Crippen LogP contribution in [-0.4, -0.2) is 38.5 Å². The van der Waals surface area contributed by atoms with Crippen molar-refractivity contribution in [1.82, 2.24) is 19.9 Å². The molecule has 1 aliphatic rings. The van der Waals surface area contributed by atoms with Crippen molar-refractivity contribution >= 4 is 34.4 Å². The highest BCUT2D eigenvalue weighted by atomic mass is 35.5. The van der Waals surface area contributed by atoms with E-state index in [0.717, 1.165) is 11.3 Å². The summed E-state index contributed by atoms with van der Waals surface area (Å²) in [5.41, 5.74) is 7.11. The summed E-state index contributed by atoms with van der Waals surface area (Å²) in [5.74, 6) is -4.30. The van der Waals surface area contributed by atoms with Crippen molar-refractivity contribution in [2.24, 2.45) is 5.73 Å². The molecule has 2 atom stereocenters. The van der Waals surface area contributed by atoms with E-state index in [0.29, 0.717) is 23.9 Å². The number of hydrogen-bond donors (Lipinski definition) is 2. The van der Waals surface area contributed by atoms with Gasteiger partial charge in [-0.1, -0.05) is 22.9 Å². The topological polar surface area (TPSA) is 85.3 Å². The predicted molar refractivity (Wildman–Crippen MR) is 99.3 cm³/mol. The SMILES string of the molecule is NC1CCCC(F)(F)C1NC(=O)c1nc(-c2cnn3cc(F)ccc23)c(Cl)s1. The Kier molecular flexibility index (Phi) is 4.80. The van der Waals surface area contributed by atoms with Gasteiger partial charge < -0.3 is 11.1 Å². The quantitative estimate of drug-likeness (QED) is 0.667. The molecule has 1 fully saturated rings. The van der Waals surface area contributed by atoms with E-state index in [1.54, 1.807) is 0 Å². The normalized spacial score (nSPS) is 21.8. The van der Waals surface area contributed by atoms with Crippen LogP contribution in [0.1, 0.15) is 29.1 Å². The number of thiazole rings is 1. The molecular formula is C17H15ClF3N5OS. The van der Waals surface area contributed by atoms with E-state index in [9.17, 15) is 18.0 Å². The number of aromatic nitrogens is 3. The summed E-state index contributed by atoms with van der Waals surface area (Å²) in [6.45, 7) is 0. The Bertz CT molecular complexity index is 1050. The molecule has 1 amide bonds. The second-order valence-electron chi connectivity index (χ2n) is 6.64. The third-order valence-electron chi connectivity index (χ3n) is 4.73. The van der Waals surface area contributed by atoms with Crippen molar-refractivity contribution in [3.05, 3.63) is 39.7 Å². The summed E-state index contributed by atoms with van der Waals surface area (Å²) < 4.78 is 43.1. The zero-order valence-electron chi connectivity index (χ0n) is 14.3. The second kappa shape index (κ2) is 7.02. The molecule has 4 rings (SSSR count). The lowest BCUT2D eigenvalue weighted by molar-refractivity contribution is -0.0674. The Balaban J connectivity index is 1.63. The highest BCUT2D eigenvalue weighted by molar-refractivity contribution is 7.18. The minimum absolute atomic E-state index is 0.0602. The fourth-order valence-corrected chi connectivity index (χ4v) is 4.40. The molecule has 0 aliphatic heterocycles. The Morgan fingerprint density at radius 3 is 2.96 bits per heavy atom. The molecule has 0 saturated heterocycles. The third-order valence-corrected chi connectivity index (χ3v) is 5.99. The molecule has 148 valence electrons. The maximum absolute atomic E-state index is 14.1. The monoisotopic (exact) mass is 429 g/mol. The summed E-state index contributed by atoms with van der Waals surface area (Å²) in [6, 6.07) is 0.479. The lowest BCUT2D eigenvalue weighted by Crippen LogP contribution is -2.59. The van der Waals surface area contributed by atoms with Crippen LogP contribution < -0.4 is 11.1 Å². The average Bonchev–Trinajstić information content (AvgIpc) is 3.20. The molecular weight excluding hydrogens is 415 g/mol. The molecule has 2 unspecified atom stereocenters. The molecule has 0 aromatic carbocycles. The highest BCUT2D eigenvalue weighted by Gasteiger charge is 2.46. The van der Waals surface area contributed by atoms with Gasteiger partial charge in [0.2, 0.25) is 0 Å². The van der Waals surface area contributed by atoms with E-state index in [-0.39, 0.29) is 21.5 Å². The summed E-state index contributed by atoms with van der Waals surface area (Å²) in [4.78, 5) is 16.7. The van der Waals surface area contributed by atoms with Crippen molar-refractivity contribution in [2.45, 2.75) is 37.3 Å². The molecule has 0 spiro atoms. The summed E-state index contributed by atoms with van der Waals surface area (Å²) >= 11 is 7.10. The summed E-state index contributed by atoms with van der Waals surface area (Å²) in [7, 11) is 0. The van der Waals surface area contributed by atoms with E-state index >= 15 is 0 Å². The number of halogens is 4. The van der Waals surface area contributed by atoms with Gasteiger partial charge in [-0.3, -0.25) is 4.79 Å². The number of nitrogens with two attached hydrogens (primary N) is 1. The van der Waals surface area contributed by atoms with Crippen LogP contribution in [0.5, 0.6) is 0 Å². The van der Waals surface area contributed by atoms with Crippen molar-refractivity contribution in [1.29, 1.82) is 0 Å². The lowest BCUT2D eigenvalue weighted by Gasteiger charge is -2.36. The first-order valence-corrected chi connectivity index (χ1v) is 9.69. The number of amides is 1.